The number of benzene rings is 1. The lowest BCUT2D eigenvalue weighted by molar-refractivity contribution is -0.119. The molecule has 2 heterocycles. The minimum Gasteiger partial charge on any atom is -0.362 e. The normalized spacial score (nSPS) is 29.6. The van der Waals surface area contributed by atoms with Crippen LogP contribution in [0.4, 0.5) is 0 Å². The predicted molar refractivity (Wildman–Crippen MR) is 106 cm³/mol. The summed E-state index contributed by atoms with van der Waals surface area (Å²) < 4.78 is 0.709. The van der Waals surface area contributed by atoms with Gasteiger partial charge in [-0.15, -0.1) is 5.11 Å². The van der Waals surface area contributed by atoms with Gasteiger partial charge in [-0.25, -0.2) is 0 Å². The van der Waals surface area contributed by atoms with Gasteiger partial charge in [0.2, 0.25) is 0 Å². The molecule has 2 unspecified atom stereocenters. The summed E-state index contributed by atoms with van der Waals surface area (Å²) in [7, 11) is 0. The first-order chi connectivity index (χ1) is 12.3. The van der Waals surface area contributed by atoms with Gasteiger partial charge >= 0.3 is 0 Å². The molecule has 4 nitrogen and oxygen atoms in total. The molecule has 0 saturated heterocycles. The molecule has 136 valence electrons. The molecule has 1 aliphatic carbocycles. The minimum atomic E-state index is -0.563. The predicted octanol–water partition coefficient (Wildman–Crippen LogP) is 5.63. The molecule has 1 aromatic carbocycles. The lowest BCUT2D eigenvalue weighted by Gasteiger charge is -2.48. The fourth-order valence-electron chi connectivity index (χ4n) is 4.71. The summed E-state index contributed by atoms with van der Waals surface area (Å²) in [6.07, 6.45) is 1.86. The largest absolute Gasteiger partial charge is 0.362 e. The lowest BCUT2D eigenvalue weighted by Crippen LogP contribution is -2.51. The van der Waals surface area contributed by atoms with Gasteiger partial charge in [0.15, 0.2) is 11.9 Å². The van der Waals surface area contributed by atoms with Crippen LogP contribution in [-0.2, 0) is 10.2 Å². The molecule has 6 heteroatoms. The number of allylic oxidation sites excluding steroid dienone is 2. The first-order valence-corrected chi connectivity index (χ1v) is 10.1. The number of azo groups is 1. The van der Waals surface area contributed by atoms with Crippen LogP contribution in [0.5, 0.6) is 0 Å². The highest BCUT2D eigenvalue weighted by molar-refractivity contribution is 9.11. The van der Waals surface area contributed by atoms with E-state index in [0.29, 0.717) is 16.0 Å². The number of ketones is 1. The van der Waals surface area contributed by atoms with Crippen LogP contribution in [0.15, 0.2) is 55.9 Å². The molecule has 26 heavy (non-hydrogen) atoms. The maximum Gasteiger partial charge on any atom is 0.165 e. The van der Waals surface area contributed by atoms with Crippen LogP contribution in [0.25, 0.3) is 0 Å². The van der Waals surface area contributed by atoms with Crippen molar-refractivity contribution in [2.24, 2.45) is 15.6 Å². The van der Waals surface area contributed by atoms with Gasteiger partial charge in [0.05, 0.1) is 5.41 Å². The van der Waals surface area contributed by atoms with E-state index in [4.69, 9.17) is 11.6 Å². The topological polar surface area (TPSA) is 53.8 Å². The Balaban J connectivity index is 2.04. The van der Waals surface area contributed by atoms with Crippen molar-refractivity contribution >= 4 is 33.3 Å². The van der Waals surface area contributed by atoms with Crippen LogP contribution in [-0.4, -0.2) is 11.9 Å². The Kier molecular flexibility index (Phi) is 4.16. The highest BCUT2D eigenvalue weighted by atomic mass is 79.9. The Labute approximate surface area is 166 Å². The van der Waals surface area contributed by atoms with E-state index >= 15 is 0 Å². The van der Waals surface area contributed by atoms with Gasteiger partial charge in [0, 0.05) is 28.3 Å². The molecule has 0 amide bonds. The molecule has 0 bridgehead atoms. The molecule has 2 aliphatic heterocycles. The second kappa shape index (κ2) is 6.03. The van der Waals surface area contributed by atoms with Crippen LogP contribution in [0.2, 0.25) is 5.02 Å². The third-order valence-corrected chi connectivity index (χ3v) is 6.50. The summed E-state index contributed by atoms with van der Waals surface area (Å²) in [6, 6.07) is 7.83. The first-order valence-electron chi connectivity index (χ1n) is 8.89. The molecule has 0 fully saturated rings. The molecule has 0 spiro atoms. The molecular formula is C20H21BrClN3O. The average molecular weight is 435 g/mol. The molecular weight excluding hydrogens is 414 g/mol. The van der Waals surface area contributed by atoms with E-state index in [0.717, 1.165) is 35.2 Å². The second-order valence-electron chi connectivity index (χ2n) is 8.03. The number of nitrogens with zero attached hydrogens (tertiary/aromatic N) is 2. The van der Waals surface area contributed by atoms with E-state index in [1.807, 2.05) is 18.2 Å². The van der Waals surface area contributed by atoms with Crippen molar-refractivity contribution in [1.29, 1.82) is 0 Å². The van der Waals surface area contributed by atoms with Gasteiger partial charge in [0.25, 0.3) is 0 Å². The number of nitrogens with one attached hydrogen (secondary N) is 1. The maximum absolute atomic E-state index is 13.3. The summed E-state index contributed by atoms with van der Waals surface area (Å²) in [5.74, 6) is 0.198. The zero-order valence-corrected chi connectivity index (χ0v) is 17.4. The van der Waals surface area contributed by atoms with E-state index in [2.05, 4.69) is 58.3 Å². The minimum absolute atomic E-state index is 0.0646. The number of hydrogen-bond donors (Lipinski definition) is 1. The zero-order chi connectivity index (χ0) is 18.7. The number of rotatable bonds is 2. The third kappa shape index (κ3) is 2.51. The average Bonchev–Trinajstić information content (AvgIpc) is 2.93. The smallest absolute Gasteiger partial charge is 0.165 e. The van der Waals surface area contributed by atoms with E-state index in [9.17, 15) is 4.79 Å². The molecule has 1 N–H and O–H groups in total. The summed E-state index contributed by atoms with van der Waals surface area (Å²) in [6.45, 7) is 6.40. The van der Waals surface area contributed by atoms with Crippen molar-refractivity contribution in [3.8, 4) is 0 Å². The highest BCUT2D eigenvalue weighted by Crippen LogP contribution is 2.55. The number of fused-ring (bicyclic) bond motifs is 1. The lowest BCUT2D eigenvalue weighted by atomic mass is 9.59. The molecule has 0 saturated carbocycles. The van der Waals surface area contributed by atoms with Crippen LogP contribution in [0.1, 0.15) is 45.6 Å². The van der Waals surface area contributed by atoms with Crippen molar-refractivity contribution in [2.75, 3.05) is 0 Å². The van der Waals surface area contributed by atoms with Crippen molar-refractivity contribution < 1.29 is 4.79 Å². The van der Waals surface area contributed by atoms with Crippen LogP contribution >= 0.6 is 27.5 Å². The number of carbonyl (C=O) groups is 1. The Morgan fingerprint density at radius 2 is 2.12 bits per heavy atom. The Bertz CT molecular complexity index is 902. The number of hydrogen-bond acceptors (Lipinski definition) is 4. The van der Waals surface area contributed by atoms with Gasteiger partial charge in [-0.05, 0) is 51.9 Å². The molecule has 1 aromatic rings. The summed E-state index contributed by atoms with van der Waals surface area (Å²) in [5, 5.41) is 12.8. The second-order valence-corrected chi connectivity index (χ2v) is 9.22. The van der Waals surface area contributed by atoms with E-state index in [1.54, 1.807) is 0 Å². The Morgan fingerprint density at radius 1 is 1.35 bits per heavy atom. The molecule has 4 rings (SSSR count). The van der Waals surface area contributed by atoms with E-state index in [-0.39, 0.29) is 17.4 Å². The summed E-state index contributed by atoms with van der Waals surface area (Å²) in [5.41, 5.74) is 3.27. The summed E-state index contributed by atoms with van der Waals surface area (Å²) in [4.78, 5) is 13.3. The first kappa shape index (κ1) is 17.9. The molecule has 0 radical (unpaired) electrons. The highest BCUT2D eigenvalue weighted by Gasteiger charge is 2.54. The molecule has 0 aromatic heterocycles. The van der Waals surface area contributed by atoms with Crippen LogP contribution in [0.3, 0.4) is 0 Å². The van der Waals surface area contributed by atoms with Crippen molar-refractivity contribution in [1.82, 2.24) is 5.32 Å². The van der Waals surface area contributed by atoms with E-state index in [1.165, 1.54) is 0 Å². The SMILES string of the molecule is CCC1(c2cccc(Cl)c2)C2=C(CC(C)(C)CC2=O)NC2N=NC(Br)=C21. The standard InChI is InChI=1S/C20H21BrClN3O/c1-4-20(11-6-5-7-12(22)8-11)15-13(9-19(2,3)10-14(15)26)23-18-16(20)17(21)24-25-18/h5-8,18,23H,4,9-10H2,1-3H3. The monoisotopic (exact) mass is 433 g/mol. The van der Waals surface area contributed by atoms with Crippen molar-refractivity contribution in [3.05, 3.63) is 56.3 Å². The Hall–Kier alpha value is -1.46. The maximum atomic E-state index is 13.3. The van der Waals surface area contributed by atoms with Crippen molar-refractivity contribution in [2.45, 2.75) is 51.6 Å². The van der Waals surface area contributed by atoms with Crippen molar-refractivity contribution in [3.63, 3.8) is 0 Å². The summed E-state index contributed by atoms with van der Waals surface area (Å²) >= 11 is 9.91. The van der Waals surface area contributed by atoms with E-state index < -0.39 is 5.41 Å². The molecule has 2 atom stereocenters. The fourth-order valence-corrected chi connectivity index (χ4v) is 5.54. The van der Waals surface area contributed by atoms with Gasteiger partial charge in [-0.2, -0.15) is 5.11 Å². The molecule has 3 aliphatic rings. The Morgan fingerprint density at radius 3 is 2.81 bits per heavy atom. The van der Waals surface area contributed by atoms with Crippen LogP contribution < -0.4 is 5.32 Å². The zero-order valence-electron chi connectivity index (χ0n) is 15.1. The van der Waals surface area contributed by atoms with Gasteiger partial charge in [-0.3, -0.25) is 4.79 Å². The van der Waals surface area contributed by atoms with Gasteiger partial charge in [-0.1, -0.05) is 44.5 Å². The number of Topliss-reactive ketones (excluding diaryl/α,β-unsaturated/α-hetero) is 1. The number of carbonyl (C=O) groups excluding carboxylic acids is 1. The van der Waals surface area contributed by atoms with Crippen LogP contribution in [0, 0.1) is 5.41 Å². The van der Waals surface area contributed by atoms with Gasteiger partial charge in [0.1, 0.15) is 4.61 Å². The number of halogens is 2. The quantitative estimate of drug-likeness (QED) is 0.613. The fraction of sp³-hybridized carbons (Fsp3) is 0.450. The third-order valence-electron chi connectivity index (χ3n) is 5.68. The van der Waals surface area contributed by atoms with Gasteiger partial charge < -0.3 is 5.32 Å².